The number of fused-ring (bicyclic) bond motifs is 1. The lowest BCUT2D eigenvalue weighted by Crippen LogP contribution is -2.46. The largest absolute Gasteiger partial charge is 0.483 e. The number of halogens is 2. The molecule has 2 aliphatic rings. The van der Waals surface area contributed by atoms with Crippen molar-refractivity contribution in [1.29, 1.82) is 0 Å². The summed E-state index contributed by atoms with van der Waals surface area (Å²) in [6.45, 7) is 5.98. The van der Waals surface area contributed by atoms with Crippen molar-refractivity contribution in [3.05, 3.63) is 52.4 Å². The van der Waals surface area contributed by atoms with Crippen LogP contribution < -0.4 is 14.8 Å². The summed E-state index contributed by atoms with van der Waals surface area (Å²) in [6.07, 6.45) is 4.09. The minimum absolute atomic E-state index is 0.220. The zero-order valence-corrected chi connectivity index (χ0v) is 17.6. The van der Waals surface area contributed by atoms with Crippen LogP contribution in [-0.4, -0.2) is 42.2 Å². The molecule has 2 amide bonds. The molecular weight excluding hydrogens is 409 g/mol. The van der Waals surface area contributed by atoms with E-state index in [9.17, 15) is 9.18 Å². The van der Waals surface area contributed by atoms with Gasteiger partial charge in [-0.15, -0.1) is 0 Å². The van der Waals surface area contributed by atoms with E-state index in [1.165, 1.54) is 6.07 Å². The van der Waals surface area contributed by atoms with Gasteiger partial charge in [0, 0.05) is 35.3 Å². The first-order valence-electron chi connectivity index (χ1n) is 9.80. The first-order valence-corrected chi connectivity index (χ1v) is 10.2. The fraction of sp³-hybridized carbons (Fsp3) is 0.364. The van der Waals surface area contributed by atoms with Gasteiger partial charge in [0.15, 0.2) is 0 Å². The van der Waals surface area contributed by atoms with Crippen LogP contribution in [0, 0.1) is 11.2 Å². The second kappa shape index (κ2) is 8.14. The summed E-state index contributed by atoms with van der Waals surface area (Å²) in [5, 5.41) is 3.27. The van der Waals surface area contributed by atoms with E-state index in [0.29, 0.717) is 60.6 Å². The summed E-state index contributed by atoms with van der Waals surface area (Å²) in [5.74, 6) is 0.482. The van der Waals surface area contributed by atoms with Gasteiger partial charge in [-0.05, 0) is 24.6 Å². The monoisotopic (exact) mass is 431 g/mol. The molecule has 3 heterocycles. The van der Waals surface area contributed by atoms with E-state index in [4.69, 9.17) is 21.1 Å². The molecule has 1 aromatic heterocycles. The number of pyridine rings is 1. The van der Waals surface area contributed by atoms with E-state index in [2.05, 4.69) is 24.1 Å². The number of benzene rings is 1. The molecule has 158 valence electrons. The van der Waals surface area contributed by atoms with Crippen molar-refractivity contribution >= 4 is 29.4 Å². The number of urea groups is 1. The molecule has 0 spiro atoms. The summed E-state index contributed by atoms with van der Waals surface area (Å²) in [4.78, 5) is 18.8. The molecule has 0 bridgehead atoms. The van der Waals surface area contributed by atoms with Gasteiger partial charge in [0.25, 0.3) is 5.88 Å². The molecule has 0 radical (unpaired) electrons. The lowest BCUT2D eigenvalue weighted by Gasteiger charge is -2.40. The number of carbonyl (C=O) groups is 1. The highest BCUT2D eigenvalue weighted by molar-refractivity contribution is 6.30. The van der Waals surface area contributed by atoms with Crippen LogP contribution in [-0.2, 0) is 0 Å². The van der Waals surface area contributed by atoms with E-state index in [1.807, 2.05) is 6.08 Å². The average Bonchev–Trinajstić information content (AvgIpc) is 2.71. The summed E-state index contributed by atoms with van der Waals surface area (Å²) >= 11 is 5.85. The van der Waals surface area contributed by atoms with Crippen LogP contribution in [0.1, 0.15) is 25.8 Å². The Labute approximate surface area is 179 Å². The van der Waals surface area contributed by atoms with Crippen molar-refractivity contribution in [2.24, 2.45) is 5.41 Å². The van der Waals surface area contributed by atoms with E-state index < -0.39 is 0 Å². The summed E-state index contributed by atoms with van der Waals surface area (Å²) in [7, 11) is 0. The molecule has 30 heavy (non-hydrogen) atoms. The van der Waals surface area contributed by atoms with Crippen LogP contribution in [0.15, 0.2) is 36.0 Å². The molecule has 0 saturated carbocycles. The standard InChI is InChI=1S/C22H23ClFN3O3/c1-22(2)13-27(8-6-15(22)11-14-3-4-16(23)12-17(14)24)21(28)26-18-5-7-25-20-19(18)29-9-10-30-20/h3-5,7,11-12H,6,8-10,13H2,1-2H3,(H,25,26,28)/b15-11+. The number of carbonyl (C=O) groups excluding carboxylic acids is 1. The Morgan fingerprint density at radius 3 is 2.87 bits per heavy atom. The number of amides is 2. The smallest absolute Gasteiger partial charge is 0.321 e. The van der Waals surface area contributed by atoms with Gasteiger partial charge in [-0.25, -0.2) is 14.2 Å². The number of hydrogen-bond acceptors (Lipinski definition) is 4. The number of rotatable bonds is 2. The van der Waals surface area contributed by atoms with Gasteiger partial charge in [-0.1, -0.05) is 43.2 Å². The maximum atomic E-state index is 14.2. The second-order valence-electron chi connectivity index (χ2n) is 8.01. The van der Waals surface area contributed by atoms with Gasteiger partial charge in [-0.2, -0.15) is 0 Å². The molecular formula is C22H23ClFN3O3. The minimum atomic E-state index is -0.351. The predicted molar refractivity (Wildman–Crippen MR) is 114 cm³/mol. The number of anilines is 1. The Morgan fingerprint density at radius 2 is 2.10 bits per heavy atom. The van der Waals surface area contributed by atoms with Crippen molar-refractivity contribution < 1.29 is 18.7 Å². The third-order valence-corrected chi connectivity index (χ3v) is 5.60. The highest BCUT2D eigenvalue weighted by atomic mass is 35.5. The Morgan fingerprint density at radius 1 is 1.30 bits per heavy atom. The Bertz CT molecular complexity index is 1010. The molecule has 1 saturated heterocycles. The van der Waals surface area contributed by atoms with Gasteiger partial charge >= 0.3 is 6.03 Å². The van der Waals surface area contributed by atoms with Crippen molar-refractivity contribution in [3.63, 3.8) is 0 Å². The maximum absolute atomic E-state index is 14.2. The molecule has 1 aromatic carbocycles. The van der Waals surface area contributed by atoms with E-state index in [-0.39, 0.29) is 17.3 Å². The van der Waals surface area contributed by atoms with Crippen molar-refractivity contribution in [3.8, 4) is 11.6 Å². The van der Waals surface area contributed by atoms with Crippen molar-refractivity contribution in [2.45, 2.75) is 20.3 Å². The molecule has 4 rings (SSSR count). The van der Waals surface area contributed by atoms with Crippen LogP contribution in [0.2, 0.25) is 5.02 Å². The van der Waals surface area contributed by atoms with Gasteiger partial charge in [0.05, 0.1) is 5.69 Å². The lowest BCUT2D eigenvalue weighted by atomic mass is 9.78. The number of nitrogens with one attached hydrogen (secondary N) is 1. The number of hydrogen-bond donors (Lipinski definition) is 1. The van der Waals surface area contributed by atoms with Crippen molar-refractivity contribution in [2.75, 3.05) is 31.6 Å². The highest BCUT2D eigenvalue weighted by Gasteiger charge is 2.34. The predicted octanol–water partition coefficient (Wildman–Crippen LogP) is 4.99. The number of aromatic nitrogens is 1. The average molecular weight is 432 g/mol. The van der Waals surface area contributed by atoms with Gasteiger partial charge < -0.3 is 19.7 Å². The van der Waals surface area contributed by atoms with E-state index in [1.54, 1.807) is 29.3 Å². The van der Waals surface area contributed by atoms with E-state index in [0.717, 1.165) is 5.57 Å². The topological polar surface area (TPSA) is 63.7 Å². The molecule has 2 aliphatic heterocycles. The van der Waals surface area contributed by atoms with Crippen LogP contribution in [0.4, 0.5) is 14.9 Å². The zero-order valence-electron chi connectivity index (χ0n) is 16.9. The molecule has 1 fully saturated rings. The normalized spacial score (nSPS) is 18.9. The molecule has 0 unspecified atom stereocenters. The summed E-state index contributed by atoms with van der Waals surface area (Å²) in [6, 6.07) is 6.13. The second-order valence-corrected chi connectivity index (χ2v) is 8.45. The fourth-order valence-electron chi connectivity index (χ4n) is 3.74. The minimum Gasteiger partial charge on any atom is -0.483 e. The van der Waals surface area contributed by atoms with Crippen LogP contribution in [0.5, 0.6) is 11.6 Å². The van der Waals surface area contributed by atoms with E-state index >= 15 is 0 Å². The Kier molecular flexibility index (Phi) is 5.56. The summed E-state index contributed by atoms with van der Waals surface area (Å²) in [5.41, 5.74) is 1.82. The molecule has 0 aliphatic carbocycles. The van der Waals surface area contributed by atoms with Crippen LogP contribution in [0.3, 0.4) is 0 Å². The van der Waals surface area contributed by atoms with Crippen LogP contribution in [0.25, 0.3) is 6.08 Å². The maximum Gasteiger partial charge on any atom is 0.321 e. The quantitative estimate of drug-likeness (QED) is 0.727. The number of ether oxygens (including phenoxy) is 2. The van der Waals surface area contributed by atoms with Gasteiger partial charge in [0.1, 0.15) is 19.0 Å². The number of likely N-dealkylation sites (tertiary alicyclic amines) is 1. The first kappa shape index (κ1) is 20.5. The summed E-state index contributed by atoms with van der Waals surface area (Å²) < 4.78 is 25.3. The first-order chi connectivity index (χ1) is 14.3. The Hall–Kier alpha value is -2.80. The zero-order chi connectivity index (χ0) is 21.3. The SMILES string of the molecule is CC1(C)CN(C(=O)Nc2ccnc3c2OCCO3)CC/C1=C\c1ccc(Cl)cc1F. The van der Waals surface area contributed by atoms with Crippen LogP contribution >= 0.6 is 11.6 Å². The van der Waals surface area contributed by atoms with Gasteiger partial charge in [-0.3, -0.25) is 0 Å². The molecule has 8 heteroatoms. The third kappa shape index (κ3) is 4.21. The number of piperidine rings is 1. The molecule has 1 N–H and O–H groups in total. The fourth-order valence-corrected chi connectivity index (χ4v) is 3.90. The highest BCUT2D eigenvalue weighted by Crippen LogP contribution is 2.38. The molecule has 0 atom stereocenters. The van der Waals surface area contributed by atoms with Crippen molar-refractivity contribution in [1.82, 2.24) is 9.88 Å². The third-order valence-electron chi connectivity index (χ3n) is 5.37. The number of nitrogens with zero attached hydrogens (tertiary/aromatic N) is 2. The molecule has 6 nitrogen and oxygen atoms in total. The molecule has 2 aromatic rings. The van der Waals surface area contributed by atoms with Gasteiger partial charge in [0.2, 0.25) is 5.75 Å². The Balaban J connectivity index is 1.48. The lowest BCUT2D eigenvalue weighted by molar-refractivity contribution is 0.164.